The second-order valence-electron chi connectivity index (χ2n) is 4.07. The van der Waals surface area contributed by atoms with Crippen LogP contribution >= 0.6 is 11.8 Å². The van der Waals surface area contributed by atoms with Crippen molar-refractivity contribution in [3.63, 3.8) is 0 Å². The Morgan fingerprint density at radius 2 is 1.79 bits per heavy atom. The van der Waals surface area contributed by atoms with E-state index >= 15 is 0 Å². The summed E-state index contributed by atoms with van der Waals surface area (Å²) < 4.78 is 0. The number of hydrogen-bond donors (Lipinski definition) is 1. The Morgan fingerprint density at radius 3 is 2.37 bits per heavy atom. The fourth-order valence-electron chi connectivity index (χ4n) is 1.64. The number of nitro groups is 1. The molecular formula is C14H13NO3S. The molecule has 0 aromatic heterocycles. The predicted molar refractivity (Wildman–Crippen MR) is 74.3 cm³/mol. The lowest BCUT2D eigenvalue weighted by atomic mass is 10.1. The molecule has 19 heavy (non-hydrogen) atoms. The minimum atomic E-state index is -0.509. The first-order valence-electron chi connectivity index (χ1n) is 5.77. The van der Waals surface area contributed by atoms with E-state index in [4.69, 9.17) is 0 Å². The third-order valence-electron chi connectivity index (χ3n) is 2.65. The van der Waals surface area contributed by atoms with Crippen molar-refractivity contribution in [3.8, 4) is 0 Å². The second kappa shape index (κ2) is 5.86. The van der Waals surface area contributed by atoms with Gasteiger partial charge in [-0.05, 0) is 30.7 Å². The molecule has 2 aromatic rings. The van der Waals surface area contributed by atoms with Crippen LogP contribution in [-0.4, -0.2) is 10.0 Å². The van der Waals surface area contributed by atoms with Gasteiger partial charge in [-0.15, -0.1) is 0 Å². The van der Waals surface area contributed by atoms with Crippen LogP contribution in [0.3, 0.4) is 0 Å². The topological polar surface area (TPSA) is 63.4 Å². The molecule has 0 fully saturated rings. The van der Waals surface area contributed by atoms with Gasteiger partial charge in [-0.2, -0.15) is 0 Å². The van der Waals surface area contributed by atoms with E-state index in [2.05, 4.69) is 0 Å². The minimum Gasteiger partial charge on any atom is -0.389 e. The highest BCUT2D eigenvalue weighted by Gasteiger charge is 2.13. The molecule has 0 heterocycles. The van der Waals surface area contributed by atoms with Gasteiger partial charge in [0.05, 0.1) is 15.9 Å². The van der Waals surface area contributed by atoms with Crippen LogP contribution in [0, 0.1) is 10.1 Å². The summed E-state index contributed by atoms with van der Waals surface area (Å²) in [7, 11) is 0. The van der Waals surface area contributed by atoms with Crippen molar-refractivity contribution < 1.29 is 10.0 Å². The first kappa shape index (κ1) is 13.6. The summed E-state index contributed by atoms with van der Waals surface area (Å²) in [6.07, 6.45) is -0.509. The Balaban J connectivity index is 2.24. The summed E-state index contributed by atoms with van der Waals surface area (Å²) in [5.74, 6) is 0. The van der Waals surface area contributed by atoms with Crippen LogP contribution in [-0.2, 0) is 0 Å². The fraction of sp³-hybridized carbons (Fsp3) is 0.143. The number of hydrogen-bond acceptors (Lipinski definition) is 4. The van der Waals surface area contributed by atoms with Crippen molar-refractivity contribution in [1.82, 2.24) is 0 Å². The van der Waals surface area contributed by atoms with Gasteiger partial charge in [0.15, 0.2) is 0 Å². The molecule has 2 aromatic carbocycles. The average Bonchev–Trinajstić information content (AvgIpc) is 2.39. The van der Waals surface area contributed by atoms with Gasteiger partial charge < -0.3 is 5.11 Å². The van der Waals surface area contributed by atoms with E-state index < -0.39 is 6.10 Å². The summed E-state index contributed by atoms with van der Waals surface area (Å²) in [6, 6.07) is 14.0. The Labute approximate surface area is 115 Å². The van der Waals surface area contributed by atoms with Gasteiger partial charge in [0.2, 0.25) is 0 Å². The Bertz CT molecular complexity index is 581. The third kappa shape index (κ3) is 3.33. The number of nitrogens with zero attached hydrogens (tertiary/aromatic N) is 1. The molecule has 0 amide bonds. The van der Waals surface area contributed by atoms with Crippen molar-refractivity contribution >= 4 is 17.4 Å². The molecule has 0 saturated heterocycles. The quantitative estimate of drug-likeness (QED) is 0.681. The lowest BCUT2D eigenvalue weighted by molar-refractivity contribution is -0.387. The Hall–Kier alpha value is -1.85. The van der Waals surface area contributed by atoms with Crippen LogP contribution in [0.1, 0.15) is 18.6 Å². The fourth-order valence-corrected chi connectivity index (χ4v) is 2.56. The molecule has 98 valence electrons. The zero-order chi connectivity index (χ0) is 13.8. The van der Waals surface area contributed by atoms with Crippen LogP contribution in [0.15, 0.2) is 58.3 Å². The summed E-state index contributed by atoms with van der Waals surface area (Å²) in [4.78, 5) is 12.0. The monoisotopic (exact) mass is 275 g/mol. The first-order chi connectivity index (χ1) is 9.08. The van der Waals surface area contributed by atoms with Crippen LogP contribution in [0.4, 0.5) is 5.69 Å². The maximum absolute atomic E-state index is 10.9. The largest absolute Gasteiger partial charge is 0.389 e. The molecule has 0 radical (unpaired) electrons. The smallest absolute Gasteiger partial charge is 0.283 e. The average molecular weight is 275 g/mol. The van der Waals surface area contributed by atoms with Crippen LogP contribution in [0.25, 0.3) is 0 Å². The Morgan fingerprint density at radius 1 is 1.16 bits per heavy atom. The molecule has 0 saturated carbocycles. The van der Waals surface area contributed by atoms with E-state index in [-0.39, 0.29) is 10.6 Å². The summed E-state index contributed by atoms with van der Waals surface area (Å²) in [5, 5.41) is 20.3. The highest BCUT2D eigenvalue weighted by Crippen LogP contribution is 2.34. The van der Waals surface area contributed by atoms with Gasteiger partial charge in [0.25, 0.3) is 5.69 Å². The zero-order valence-electron chi connectivity index (χ0n) is 10.3. The number of para-hydroxylation sites is 1. The molecule has 1 N–H and O–H groups in total. The van der Waals surface area contributed by atoms with Gasteiger partial charge in [-0.3, -0.25) is 10.1 Å². The van der Waals surface area contributed by atoms with Gasteiger partial charge >= 0.3 is 0 Å². The van der Waals surface area contributed by atoms with Crippen LogP contribution < -0.4 is 0 Å². The summed E-state index contributed by atoms with van der Waals surface area (Å²) in [5.41, 5.74) is 0.930. The van der Waals surface area contributed by atoms with Gasteiger partial charge in [-0.25, -0.2) is 0 Å². The third-order valence-corrected chi connectivity index (χ3v) is 3.73. The molecular weight excluding hydrogens is 262 g/mol. The molecule has 0 unspecified atom stereocenters. The molecule has 1 atom stereocenters. The molecule has 2 rings (SSSR count). The van der Waals surface area contributed by atoms with Gasteiger partial charge in [0.1, 0.15) is 0 Å². The molecule has 0 aliphatic carbocycles. The number of aliphatic hydroxyl groups is 1. The van der Waals surface area contributed by atoms with Gasteiger partial charge in [0, 0.05) is 11.0 Å². The van der Waals surface area contributed by atoms with Gasteiger partial charge in [-0.1, -0.05) is 36.0 Å². The lowest BCUT2D eigenvalue weighted by Crippen LogP contribution is -1.91. The predicted octanol–water partition coefficient (Wildman–Crippen LogP) is 3.80. The minimum absolute atomic E-state index is 0.104. The maximum Gasteiger partial charge on any atom is 0.283 e. The van der Waals surface area contributed by atoms with E-state index in [1.165, 1.54) is 17.8 Å². The van der Waals surface area contributed by atoms with Crippen molar-refractivity contribution in [3.05, 3.63) is 64.2 Å². The van der Waals surface area contributed by atoms with E-state index in [0.29, 0.717) is 4.90 Å². The van der Waals surface area contributed by atoms with E-state index in [1.807, 2.05) is 24.3 Å². The van der Waals surface area contributed by atoms with E-state index in [0.717, 1.165) is 10.5 Å². The zero-order valence-corrected chi connectivity index (χ0v) is 11.1. The van der Waals surface area contributed by atoms with Crippen molar-refractivity contribution in [2.24, 2.45) is 0 Å². The summed E-state index contributed by atoms with van der Waals surface area (Å²) >= 11 is 1.34. The second-order valence-corrected chi connectivity index (χ2v) is 5.19. The molecule has 0 spiro atoms. The highest BCUT2D eigenvalue weighted by atomic mass is 32.2. The Kier molecular flexibility index (Phi) is 4.19. The normalized spacial score (nSPS) is 12.1. The molecule has 0 aliphatic heterocycles. The first-order valence-corrected chi connectivity index (χ1v) is 6.59. The molecule has 0 bridgehead atoms. The van der Waals surface area contributed by atoms with Crippen LogP contribution in [0.2, 0.25) is 0 Å². The lowest BCUT2D eigenvalue weighted by Gasteiger charge is -2.06. The van der Waals surface area contributed by atoms with Crippen LogP contribution in [0.5, 0.6) is 0 Å². The molecule has 4 nitrogen and oxygen atoms in total. The number of benzene rings is 2. The van der Waals surface area contributed by atoms with Crippen molar-refractivity contribution in [2.45, 2.75) is 22.8 Å². The van der Waals surface area contributed by atoms with Crippen molar-refractivity contribution in [2.75, 3.05) is 0 Å². The standard InChI is InChI=1S/C14H13NO3S/c1-10(16)11-6-8-12(9-7-11)19-14-5-3-2-4-13(14)15(17)18/h2-10,16H,1H3/t10-/m1/s1. The maximum atomic E-state index is 10.9. The molecule has 0 aliphatic rings. The molecule has 5 heteroatoms. The van der Waals surface area contributed by atoms with E-state index in [1.54, 1.807) is 25.1 Å². The van der Waals surface area contributed by atoms with Crippen molar-refractivity contribution in [1.29, 1.82) is 0 Å². The number of aliphatic hydroxyl groups excluding tert-OH is 1. The number of rotatable bonds is 4. The summed E-state index contributed by atoms with van der Waals surface area (Å²) in [6.45, 7) is 1.70. The number of nitro benzene ring substituents is 1. The highest BCUT2D eigenvalue weighted by molar-refractivity contribution is 7.99. The van der Waals surface area contributed by atoms with E-state index in [9.17, 15) is 15.2 Å². The SMILES string of the molecule is C[C@@H](O)c1ccc(Sc2ccccc2[N+](=O)[O-])cc1.